The van der Waals surface area contributed by atoms with Gasteiger partial charge < -0.3 is 0 Å². The fraction of sp³-hybridized carbons (Fsp3) is 0.167. The van der Waals surface area contributed by atoms with Crippen molar-refractivity contribution in [2.45, 2.75) is 11.3 Å². The number of hydrogen-bond donors (Lipinski definition) is 0. The smallest absolute Gasteiger partial charge is 0.262 e. The molecule has 0 fully saturated rings. The molecule has 0 N–H and O–H groups in total. The van der Waals surface area contributed by atoms with Crippen molar-refractivity contribution in [2.75, 3.05) is 0 Å². The Kier molecular flexibility index (Phi) is 3.47. The molecular weight excluding hydrogens is 290 g/mol. The normalized spacial score (nSPS) is 22.9. The molecule has 0 radical (unpaired) electrons. The first kappa shape index (κ1) is 13.8. The van der Waals surface area contributed by atoms with Crippen LogP contribution in [-0.4, -0.2) is 18.2 Å². The maximum Gasteiger partial charge on any atom is 0.354 e. The van der Waals surface area contributed by atoms with E-state index in [1.54, 1.807) is 0 Å². The molecule has 19 heavy (non-hydrogen) atoms. The summed E-state index contributed by atoms with van der Waals surface area (Å²) < 4.78 is 22.9. The van der Waals surface area contributed by atoms with Crippen molar-refractivity contribution in [1.29, 1.82) is 0 Å². The molecule has 0 saturated carbocycles. The number of allylic oxidation sites excluding steroid dienone is 2. The number of benzene rings is 1. The van der Waals surface area contributed by atoms with E-state index in [1.807, 2.05) is 30.3 Å². The number of nitro groups is 1. The molecule has 0 amide bonds. The van der Waals surface area contributed by atoms with Gasteiger partial charge in [-0.15, -0.1) is 0 Å². The Balaban J connectivity index is 2.39. The van der Waals surface area contributed by atoms with Crippen molar-refractivity contribution in [1.82, 2.24) is 0 Å². The van der Waals surface area contributed by atoms with Gasteiger partial charge in [-0.2, -0.15) is 0 Å². The van der Waals surface area contributed by atoms with E-state index in [0.29, 0.717) is 0 Å². The maximum absolute atomic E-state index is 11.4. The van der Waals surface area contributed by atoms with Gasteiger partial charge in [0.1, 0.15) is 0 Å². The maximum atomic E-state index is 11.4. The van der Waals surface area contributed by atoms with Gasteiger partial charge >= 0.3 is 13.9 Å². The van der Waals surface area contributed by atoms with E-state index in [0.717, 1.165) is 17.2 Å². The summed E-state index contributed by atoms with van der Waals surface area (Å²) in [7, 11) is 0.857. The lowest BCUT2D eigenvalue weighted by atomic mass is 9.97. The van der Waals surface area contributed by atoms with Gasteiger partial charge in [0.15, 0.2) is 0 Å². The van der Waals surface area contributed by atoms with Gasteiger partial charge in [-0.1, -0.05) is 42.5 Å². The molecule has 1 aliphatic carbocycles. The standard InChI is InChI=1S/C12H10ClNO4S/c13-19(17,18)12(14(15)16)8-6-11(7-9-12)10-4-2-1-3-5-10/h1-8H,9H2. The summed E-state index contributed by atoms with van der Waals surface area (Å²) in [6.07, 6.45) is 3.68. The Labute approximate surface area is 114 Å². The molecule has 2 rings (SSSR count). The zero-order chi connectivity index (χ0) is 14.1. The summed E-state index contributed by atoms with van der Waals surface area (Å²) in [5, 5.41) is 11.0. The molecule has 1 unspecified atom stereocenters. The molecule has 5 nitrogen and oxygen atoms in total. The number of rotatable bonds is 3. The van der Waals surface area contributed by atoms with E-state index in [9.17, 15) is 18.5 Å². The van der Waals surface area contributed by atoms with Gasteiger partial charge in [0.25, 0.3) is 0 Å². The molecule has 0 aromatic heterocycles. The SMILES string of the molecule is O=[N+]([O-])C1(S(=O)(=O)Cl)C=CC(c2ccccc2)=CC1. The van der Waals surface area contributed by atoms with Crippen LogP contribution in [-0.2, 0) is 9.05 Å². The number of halogens is 1. The highest BCUT2D eigenvalue weighted by molar-refractivity contribution is 8.14. The van der Waals surface area contributed by atoms with E-state index in [-0.39, 0.29) is 6.42 Å². The van der Waals surface area contributed by atoms with Crippen LogP contribution in [0.5, 0.6) is 0 Å². The van der Waals surface area contributed by atoms with Gasteiger partial charge in [0.05, 0.1) is 6.42 Å². The first-order valence-corrected chi connectivity index (χ1v) is 7.71. The molecule has 0 saturated heterocycles. The van der Waals surface area contributed by atoms with Crippen molar-refractivity contribution in [3.05, 3.63) is 64.2 Å². The monoisotopic (exact) mass is 299 g/mol. The van der Waals surface area contributed by atoms with Crippen molar-refractivity contribution >= 4 is 25.3 Å². The van der Waals surface area contributed by atoms with Crippen molar-refractivity contribution in [2.24, 2.45) is 0 Å². The van der Waals surface area contributed by atoms with Crippen LogP contribution >= 0.6 is 10.7 Å². The third-order valence-corrected chi connectivity index (χ3v) is 5.07. The van der Waals surface area contributed by atoms with Gasteiger partial charge in [0, 0.05) is 21.7 Å². The minimum Gasteiger partial charge on any atom is -0.262 e. The van der Waals surface area contributed by atoms with E-state index in [2.05, 4.69) is 0 Å². The van der Waals surface area contributed by atoms with Crippen LogP contribution in [0.2, 0.25) is 0 Å². The predicted molar refractivity (Wildman–Crippen MR) is 72.7 cm³/mol. The van der Waals surface area contributed by atoms with Gasteiger partial charge in [0.2, 0.25) is 0 Å². The Morgan fingerprint density at radius 2 is 1.89 bits per heavy atom. The van der Waals surface area contributed by atoms with Gasteiger partial charge in [-0.05, 0) is 11.1 Å². The summed E-state index contributed by atoms with van der Waals surface area (Å²) >= 11 is 0. The van der Waals surface area contributed by atoms with Crippen molar-refractivity contribution in [3.63, 3.8) is 0 Å². The summed E-state index contributed by atoms with van der Waals surface area (Å²) in [5.74, 6) is 0. The largest absolute Gasteiger partial charge is 0.354 e. The molecule has 0 spiro atoms. The topological polar surface area (TPSA) is 77.3 Å². The van der Waals surface area contributed by atoms with Crippen LogP contribution in [0.15, 0.2) is 48.6 Å². The lowest BCUT2D eigenvalue weighted by molar-refractivity contribution is -0.525. The average molecular weight is 300 g/mol. The van der Waals surface area contributed by atoms with E-state index >= 15 is 0 Å². The van der Waals surface area contributed by atoms with E-state index in [4.69, 9.17) is 10.7 Å². The van der Waals surface area contributed by atoms with Crippen LogP contribution in [0, 0.1) is 10.1 Å². The molecule has 100 valence electrons. The fourth-order valence-corrected chi connectivity index (χ4v) is 3.07. The molecule has 1 atom stereocenters. The van der Waals surface area contributed by atoms with Crippen LogP contribution in [0.25, 0.3) is 5.57 Å². The third kappa shape index (κ3) is 2.41. The highest BCUT2D eigenvalue weighted by Crippen LogP contribution is 2.35. The molecule has 0 aliphatic heterocycles. The molecule has 1 aliphatic rings. The van der Waals surface area contributed by atoms with Crippen LogP contribution < -0.4 is 0 Å². The summed E-state index contributed by atoms with van der Waals surface area (Å²) in [4.78, 5) is 7.89. The van der Waals surface area contributed by atoms with Crippen LogP contribution in [0.4, 0.5) is 0 Å². The number of nitrogens with zero attached hydrogens (tertiary/aromatic N) is 1. The van der Waals surface area contributed by atoms with Crippen LogP contribution in [0.3, 0.4) is 0 Å². The second-order valence-corrected chi connectivity index (χ2v) is 6.90. The summed E-state index contributed by atoms with van der Waals surface area (Å²) in [6, 6.07) is 9.19. The fourth-order valence-electron chi connectivity index (χ4n) is 1.86. The zero-order valence-electron chi connectivity index (χ0n) is 9.69. The Hall–Kier alpha value is -1.66. The summed E-state index contributed by atoms with van der Waals surface area (Å²) in [5.41, 5.74) is 1.60. The quantitative estimate of drug-likeness (QED) is 0.488. The van der Waals surface area contributed by atoms with E-state index < -0.39 is 18.8 Å². The molecule has 1 aromatic rings. The zero-order valence-corrected chi connectivity index (χ0v) is 11.3. The van der Waals surface area contributed by atoms with E-state index in [1.165, 1.54) is 12.2 Å². The van der Waals surface area contributed by atoms with Gasteiger partial charge in [-0.25, -0.2) is 8.42 Å². The highest BCUT2D eigenvalue weighted by Gasteiger charge is 2.53. The highest BCUT2D eigenvalue weighted by atomic mass is 35.7. The lowest BCUT2D eigenvalue weighted by Crippen LogP contribution is -2.42. The van der Waals surface area contributed by atoms with Crippen LogP contribution in [0.1, 0.15) is 12.0 Å². The first-order chi connectivity index (χ1) is 8.87. The molecule has 7 heteroatoms. The molecule has 1 aromatic carbocycles. The van der Waals surface area contributed by atoms with Crippen molar-refractivity contribution in [3.8, 4) is 0 Å². The van der Waals surface area contributed by atoms with Crippen molar-refractivity contribution < 1.29 is 13.3 Å². The Bertz CT molecular complexity index is 666. The average Bonchev–Trinajstić information content (AvgIpc) is 2.38. The number of hydrogen-bond acceptors (Lipinski definition) is 4. The lowest BCUT2D eigenvalue weighted by Gasteiger charge is -2.20. The Morgan fingerprint density at radius 3 is 2.32 bits per heavy atom. The third-order valence-electron chi connectivity index (χ3n) is 2.98. The minimum absolute atomic E-state index is 0.285. The second-order valence-electron chi connectivity index (χ2n) is 4.10. The molecule has 0 bridgehead atoms. The predicted octanol–water partition coefficient (Wildman–Crippen LogP) is 2.57. The molecule has 0 heterocycles. The summed E-state index contributed by atoms with van der Waals surface area (Å²) in [6.45, 7) is 0. The van der Waals surface area contributed by atoms with Gasteiger partial charge in [-0.3, -0.25) is 10.1 Å². The minimum atomic E-state index is -4.35. The Morgan fingerprint density at radius 1 is 1.26 bits per heavy atom. The first-order valence-electron chi connectivity index (χ1n) is 5.40. The second kappa shape index (κ2) is 4.79. The molecular formula is C12H10ClNO4S.